The average molecular weight is 1150 g/mol. The Morgan fingerprint density at radius 3 is 1.03 bits per heavy atom. The van der Waals surface area contributed by atoms with Crippen molar-refractivity contribution < 1.29 is 0 Å². The van der Waals surface area contributed by atoms with Crippen molar-refractivity contribution in [2.45, 2.75) is 0 Å². The molecule has 0 aliphatic rings. The van der Waals surface area contributed by atoms with Crippen LogP contribution in [0.1, 0.15) is 0 Å². The van der Waals surface area contributed by atoms with Crippen molar-refractivity contribution in [3.8, 4) is 0 Å². The first-order valence-electron chi connectivity index (χ1n) is 25.5. The molecule has 0 aliphatic carbocycles. The van der Waals surface area contributed by atoms with E-state index in [0.717, 1.165) is 61.2 Å². The van der Waals surface area contributed by atoms with Crippen LogP contribution in [0.4, 0.5) is 61.2 Å². The summed E-state index contributed by atoms with van der Waals surface area (Å²) in [5, 5.41) is 12.5. The molecule has 4 heterocycles. The predicted molar refractivity (Wildman–Crippen MR) is 350 cm³/mol. The molecule has 14 rings (SSSR count). The fourth-order valence-electron chi connectivity index (χ4n) is 9.46. The molecule has 0 spiro atoms. The number of hydrogen-bond donors (Lipinski definition) is 1. The van der Waals surface area contributed by atoms with Crippen molar-refractivity contribution in [3.05, 3.63) is 294 Å². The van der Waals surface area contributed by atoms with Gasteiger partial charge >= 0.3 is 0 Å². The van der Waals surface area contributed by atoms with Gasteiger partial charge in [0, 0.05) is 65.1 Å². The summed E-state index contributed by atoms with van der Waals surface area (Å²) < 4.78 is 5.26. The number of rotatable bonds is 11. The molecule has 4 nitrogen and oxygen atoms in total. The summed E-state index contributed by atoms with van der Waals surface area (Å²) in [5.41, 5.74) is 9.22. The highest BCUT2D eigenvalue weighted by Gasteiger charge is 2.25. The molecule has 0 fully saturated rings. The van der Waals surface area contributed by atoms with Crippen LogP contribution in [0.25, 0.3) is 39.0 Å². The van der Waals surface area contributed by atoms with Gasteiger partial charge in [-0.25, -0.2) is 0 Å². The van der Waals surface area contributed by atoms with Gasteiger partial charge < -0.3 is 20.0 Å². The van der Waals surface area contributed by atoms with Crippen LogP contribution >= 0.6 is 80.1 Å². The van der Waals surface area contributed by atoms with Gasteiger partial charge in [-0.05, 0) is 121 Å². The summed E-state index contributed by atoms with van der Waals surface area (Å²) in [6.07, 6.45) is 0. The van der Waals surface area contributed by atoms with Crippen molar-refractivity contribution in [2.24, 2.45) is 0 Å². The van der Waals surface area contributed by atoms with Gasteiger partial charge in [0.05, 0.1) is 40.2 Å². The van der Waals surface area contributed by atoms with Crippen LogP contribution in [-0.4, -0.2) is 0 Å². The zero-order chi connectivity index (χ0) is 53.5. The van der Waals surface area contributed by atoms with Crippen LogP contribution in [-0.2, 0) is 0 Å². The summed E-state index contributed by atoms with van der Waals surface area (Å²) in [4.78, 5) is 6.68. The lowest BCUT2D eigenvalue weighted by atomic mass is 10.1. The molecule has 0 atom stereocenters. The Balaban J connectivity index is 0.000000134. The second kappa shape index (κ2) is 24.0. The number of thiophene rings is 4. The standard InChI is InChI=1S/C34H23ClN2S2.C22H13Cl2NS2.C12H11N/c35-33-29(36(24-13-4-1-5-14-24)25-15-6-2-7-16-25)20-12-21-30(33)37(26-17-8-3-9-18-26)32-23-28-27-19-10-11-22-31(27)38-34(28)39-32;23-17-10-6-11-18(21(17)24)25(14-7-2-1-3-8-14)20-13-16-15-9-4-5-12-19(15)26-22(16)27-20;1-3-7-11(8-4-1)13-12-9-5-2-6-10-12/h1-23H;1-13H;1-10,13H. The van der Waals surface area contributed by atoms with Crippen LogP contribution < -0.4 is 20.0 Å². The van der Waals surface area contributed by atoms with Gasteiger partial charge in [0.25, 0.3) is 0 Å². The number of anilines is 11. The second-order valence-corrected chi connectivity index (χ2v) is 24.0. The summed E-state index contributed by atoms with van der Waals surface area (Å²) in [6.45, 7) is 0. The lowest BCUT2D eigenvalue weighted by Crippen LogP contribution is -2.13. The van der Waals surface area contributed by atoms with Crippen LogP contribution in [0.5, 0.6) is 0 Å². The minimum absolute atomic E-state index is 0.555. The van der Waals surface area contributed by atoms with E-state index < -0.39 is 0 Å². The van der Waals surface area contributed by atoms with E-state index in [1.165, 1.54) is 39.0 Å². The Kier molecular flexibility index (Phi) is 15.8. The summed E-state index contributed by atoms with van der Waals surface area (Å²) in [5.74, 6) is 0. The van der Waals surface area contributed by atoms with E-state index >= 15 is 0 Å². The lowest BCUT2D eigenvalue weighted by molar-refractivity contribution is 1.26. The number of nitrogens with zero attached hydrogens (tertiary/aromatic N) is 3. The van der Waals surface area contributed by atoms with E-state index in [-0.39, 0.29) is 0 Å². The molecule has 1 N–H and O–H groups in total. The monoisotopic (exact) mass is 1150 g/mol. The van der Waals surface area contributed by atoms with Gasteiger partial charge in [-0.3, -0.25) is 0 Å². The molecule has 384 valence electrons. The average Bonchev–Trinajstić information content (AvgIpc) is 4.43. The van der Waals surface area contributed by atoms with E-state index in [1.807, 2.05) is 149 Å². The molecule has 79 heavy (non-hydrogen) atoms. The van der Waals surface area contributed by atoms with E-state index in [9.17, 15) is 0 Å². The number of hydrogen-bond acceptors (Lipinski definition) is 8. The van der Waals surface area contributed by atoms with Crippen molar-refractivity contribution in [2.75, 3.05) is 20.0 Å². The van der Waals surface area contributed by atoms with Gasteiger partial charge in [-0.1, -0.05) is 193 Å². The molecule has 0 bridgehead atoms. The Labute approximate surface area is 490 Å². The highest BCUT2D eigenvalue weighted by molar-refractivity contribution is 7.43. The molecule has 0 amide bonds. The molecule has 0 saturated carbocycles. The summed E-state index contributed by atoms with van der Waals surface area (Å²) >= 11 is 27.6. The van der Waals surface area contributed by atoms with Gasteiger partial charge in [0.1, 0.15) is 10.0 Å². The Bertz CT molecular complexity index is 4210. The largest absolute Gasteiger partial charge is 0.356 e. The maximum atomic E-state index is 7.39. The van der Waals surface area contributed by atoms with Gasteiger partial charge in [-0.2, -0.15) is 0 Å². The first-order chi connectivity index (χ1) is 38.9. The van der Waals surface area contributed by atoms with Crippen LogP contribution in [0, 0.1) is 0 Å². The van der Waals surface area contributed by atoms with E-state index in [1.54, 1.807) is 11.3 Å². The SMILES string of the molecule is Clc1c(N(c2ccccc2)c2ccccc2)cccc1N(c1ccccc1)c1cc2c(s1)sc1ccccc12.Clc1cccc(N(c2ccccc2)c2cc3c(s2)sc2ccccc23)c1Cl.c1ccc(Nc2ccccc2)cc1. The topological polar surface area (TPSA) is 21.8 Å². The Morgan fingerprint density at radius 1 is 0.278 bits per heavy atom. The fraction of sp³-hybridized carbons (Fsp3) is 0. The van der Waals surface area contributed by atoms with Crippen LogP contribution in [0.3, 0.4) is 0 Å². The number of fused-ring (bicyclic) bond motifs is 6. The first-order valence-corrected chi connectivity index (χ1v) is 29.9. The maximum absolute atomic E-state index is 7.39. The van der Waals surface area contributed by atoms with Crippen LogP contribution in [0.2, 0.25) is 15.1 Å². The normalized spacial score (nSPS) is 11.0. The first kappa shape index (κ1) is 51.8. The molecule has 10 aromatic carbocycles. The number of benzene rings is 10. The quantitative estimate of drug-likeness (QED) is 0.139. The zero-order valence-electron chi connectivity index (χ0n) is 42.2. The zero-order valence-corrected chi connectivity index (χ0v) is 47.7. The highest BCUT2D eigenvalue weighted by atomic mass is 35.5. The fourth-order valence-corrected chi connectivity index (χ4v) is 15.2. The number of nitrogens with one attached hydrogen (secondary N) is 1. The molecule has 0 saturated heterocycles. The Hall–Kier alpha value is -7.89. The Morgan fingerprint density at radius 2 is 0.608 bits per heavy atom. The van der Waals surface area contributed by atoms with Crippen molar-refractivity contribution in [1.82, 2.24) is 0 Å². The number of halogens is 3. The molecule has 0 radical (unpaired) electrons. The van der Waals surface area contributed by atoms with Gasteiger partial charge in [-0.15, -0.1) is 45.3 Å². The molecular weight excluding hydrogens is 1110 g/mol. The van der Waals surface area contributed by atoms with E-state index in [4.69, 9.17) is 34.8 Å². The molecule has 11 heteroatoms. The van der Waals surface area contributed by atoms with Crippen molar-refractivity contribution >= 4 is 180 Å². The smallest absolute Gasteiger partial charge is 0.102 e. The van der Waals surface area contributed by atoms with Gasteiger partial charge in [0.15, 0.2) is 0 Å². The van der Waals surface area contributed by atoms with Crippen LogP contribution in [0.15, 0.2) is 279 Å². The third-order valence-electron chi connectivity index (χ3n) is 13.1. The van der Waals surface area contributed by atoms with E-state index in [0.29, 0.717) is 15.1 Å². The van der Waals surface area contributed by atoms with Gasteiger partial charge in [0.2, 0.25) is 0 Å². The predicted octanol–water partition coefficient (Wildman–Crippen LogP) is 24.0. The molecule has 0 unspecified atom stereocenters. The maximum Gasteiger partial charge on any atom is 0.102 e. The third-order valence-corrected chi connectivity index (χ3v) is 19.1. The lowest BCUT2D eigenvalue weighted by Gasteiger charge is -2.30. The molecule has 0 aliphatic heterocycles. The third kappa shape index (κ3) is 11.2. The van der Waals surface area contributed by atoms with E-state index in [2.05, 4.69) is 184 Å². The molecular formula is C68H47Cl3N4S4. The van der Waals surface area contributed by atoms with Crippen molar-refractivity contribution in [3.63, 3.8) is 0 Å². The minimum Gasteiger partial charge on any atom is -0.356 e. The second-order valence-electron chi connectivity index (χ2n) is 18.2. The van der Waals surface area contributed by atoms with Crippen molar-refractivity contribution in [1.29, 1.82) is 0 Å². The summed E-state index contributed by atoms with van der Waals surface area (Å²) in [7, 11) is 0. The molecule has 14 aromatic rings. The highest BCUT2D eigenvalue weighted by Crippen LogP contribution is 2.52. The minimum atomic E-state index is 0.555. The molecule has 4 aromatic heterocycles. The number of para-hydroxylation sites is 6. The summed E-state index contributed by atoms with van der Waals surface area (Å²) in [6, 6.07) is 95.6.